The Morgan fingerprint density at radius 1 is 0.792 bits per heavy atom. The maximum absolute atomic E-state index is 12.7. The number of halogens is 9. The molecule has 0 N–H and O–H groups in total. The van der Waals surface area contributed by atoms with Gasteiger partial charge in [0.25, 0.3) is 0 Å². The van der Waals surface area contributed by atoms with Gasteiger partial charge in [0, 0.05) is 0 Å². The lowest BCUT2D eigenvalue weighted by atomic mass is 9.85. The molecule has 0 aliphatic rings. The highest BCUT2D eigenvalue weighted by molar-refractivity contribution is 5.82. The highest BCUT2D eigenvalue weighted by Crippen LogP contribution is 2.59. The van der Waals surface area contributed by atoms with Gasteiger partial charge in [0.05, 0.1) is 0 Å². The second-order valence-electron chi connectivity index (χ2n) is 4.88. The summed E-state index contributed by atoms with van der Waals surface area (Å²) >= 11 is 0. The molecule has 0 fully saturated rings. The molecule has 0 aliphatic heterocycles. The second kappa shape index (κ2) is 5.85. The number of benzene rings is 1. The van der Waals surface area contributed by atoms with Crippen LogP contribution in [0.3, 0.4) is 0 Å². The van der Waals surface area contributed by atoms with Crippen molar-refractivity contribution < 1.29 is 49.0 Å². The van der Waals surface area contributed by atoms with Gasteiger partial charge in [0.1, 0.15) is 5.75 Å². The van der Waals surface area contributed by atoms with Gasteiger partial charge in [-0.05, 0) is 37.1 Å². The van der Waals surface area contributed by atoms with E-state index in [1.54, 1.807) is 0 Å². The zero-order chi connectivity index (χ0) is 19.1. The van der Waals surface area contributed by atoms with Crippen molar-refractivity contribution in [2.45, 2.75) is 32.4 Å². The summed E-state index contributed by atoms with van der Waals surface area (Å²) in [6.45, 7) is 2.89. The van der Waals surface area contributed by atoms with Crippen molar-refractivity contribution in [3.63, 3.8) is 0 Å². The molecule has 24 heavy (non-hydrogen) atoms. The molecule has 1 aromatic rings. The van der Waals surface area contributed by atoms with Crippen molar-refractivity contribution in [2.75, 3.05) is 0 Å². The lowest BCUT2D eigenvalue weighted by Gasteiger charge is -2.35. The fourth-order valence-electron chi connectivity index (χ4n) is 1.79. The first kappa shape index (κ1) is 20.1. The Hall–Kier alpha value is -1.94. The Morgan fingerprint density at radius 3 is 1.54 bits per heavy atom. The van der Waals surface area contributed by atoms with Gasteiger partial charge < -0.3 is 4.74 Å². The van der Waals surface area contributed by atoms with Gasteiger partial charge in [-0.1, -0.05) is 6.07 Å². The topological polar surface area (TPSA) is 26.3 Å². The first-order valence-electron chi connectivity index (χ1n) is 6.05. The van der Waals surface area contributed by atoms with Crippen LogP contribution in [0.4, 0.5) is 39.5 Å². The first-order valence-corrected chi connectivity index (χ1v) is 6.05. The number of esters is 1. The summed E-state index contributed by atoms with van der Waals surface area (Å²) < 4.78 is 118. The van der Waals surface area contributed by atoms with E-state index in [0.717, 1.165) is 18.2 Å². The van der Waals surface area contributed by atoms with Crippen LogP contribution in [0.1, 0.15) is 11.1 Å². The van der Waals surface area contributed by atoms with Gasteiger partial charge in [0.15, 0.2) is 0 Å². The summed E-state index contributed by atoms with van der Waals surface area (Å²) in [4.78, 5) is 11.4. The SMILES string of the molecule is Cc1ccc(OC(=O)C(C(F)(F)F)(C(F)(F)F)C(F)(F)F)cc1C. The molecule has 136 valence electrons. The van der Waals surface area contributed by atoms with Crippen molar-refractivity contribution in [2.24, 2.45) is 5.41 Å². The van der Waals surface area contributed by atoms with E-state index in [9.17, 15) is 44.3 Å². The third-order valence-electron chi connectivity index (χ3n) is 3.27. The smallest absolute Gasteiger partial charge is 0.423 e. The Morgan fingerprint density at radius 2 is 1.21 bits per heavy atom. The molecule has 0 unspecified atom stereocenters. The molecule has 11 heteroatoms. The average Bonchev–Trinajstić information content (AvgIpc) is 2.28. The van der Waals surface area contributed by atoms with Crippen LogP contribution >= 0.6 is 0 Å². The van der Waals surface area contributed by atoms with Crippen LogP contribution in [0.25, 0.3) is 0 Å². The number of rotatable bonds is 2. The number of alkyl halides is 9. The Bertz CT molecular complexity index is 590. The Labute approximate surface area is 129 Å². The normalized spacial score (nSPS) is 13.8. The molecular weight excluding hydrogens is 359 g/mol. The van der Waals surface area contributed by atoms with E-state index < -0.39 is 35.7 Å². The fraction of sp³-hybridized carbons (Fsp3) is 0.462. The molecule has 2 nitrogen and oxygen atoms in total. The summed E-state index contributed by atoms with van der Waals surface area (Å²) in [7, 11) is 0. The minimum Gasteiger partial charge on any atom is -0.425 e. The third-order valence-corrected chi connectivity index (χ3v) is 3.27. The standard InChI is InChI=1S/C13H9F9O2/c1-6-3-4-8(5-7(6)2)24-9(23)10(11(14,15)16,12(17,18)19)13(20,21)22/h3-5H,1-2H3. The molecule has 0 spiro atoms. The zero-order valence-electron chi connectivity index (χ0n) is 12.0. The molecule has 0 saturated heterocycles. The third kappa shape index (κ3) is 3.16. The highest BCUT2D eigenvalue weighted by Gasteiger charge is 2.89. The molecule has 0 amide bonds. The van der Waals surface area contributed by atoms with E-state index >= 15 is 0 Å². The summed E-state index contributed by atoms with van der Waals surface area (Å²) in [6.07, 6.45) is -21.0. The van der Waals surface area contributed by atoms with Crippen molar-refractivity contribution in [1.82, 2.24) is 0 Å². The number of carbonyl (C=O) groups is 1. The second-order valence-corrected chi connectivity index (χ2v) is 4.88. The van der Waals surface area contributed by atoms with Crippen molar-refractivity contribution in [3.05, 3.63) is 29.3 Å². The molecule has 0 aliphatic carbocycles. The number of hydrogen-bond donors (Lipinski definition) is 0. The largest absolute Gasteiger partial charge is 0.425 e. The summed E-state index contributed by atoms with van der Waals surface area (Å²) in [5.41, 5.74) is -5.83. The number of ether oxygens (including phenoxy) is 1. The van der Waals surface area contributed by atoms with E-state index in [2.05, 4.69) is 4.74 Å². The molecule has 0 atom stereocenters. The van der Waals surface area contributed by atoms with Gasteiger partial charge in [-0.15, -0.1) is 0 Å². The highest BCUT2D eigenvalue weighted by atomic mass is 19.4. The summed E-state index contributed by atoms with van der Waals surface area (Å²) in [5.74, 6) is -4.39. The minimum absolute atomic E-state index is 0.289. The predicted molar refractivity (Wildman–Crippen MR) is 62.1 cm³/mol. The molecule has 0 heterocycles. The maximum Gasteiger partial charge on any atom is 0.423 e. The van der Waals surface area contributed by atoms with Crippen molar-refractivity contribution >= 4 is 5.97 Å². The summed E-state index contributed by atoms with van der Waals surface area (Å²) in [6, 6.07) is 2.80. The van der Waals surface area contributed by atoms with Crippen molar-refractivity contribution in [3.8, 4) is 5.75 Å². The van der Waals surface area contributed by atoms with Gasteiger partial charge in [-0.2, -0.15) is 39.5 Å². The minimum atomic E-state index is -7.00. The van der Waals surface area contributed by atoms with Gasteiger partial charge in [-0.3, -0.25) is 0 Å². The Kier molecular flexibility index (Phi) is 4.90. The van der Waals surface area contributed by atoms with E-state index in [4.69, 9.17) is 0 Å². The molecule has 0 radical (unpaired) electrons. The molecule has 1 aromatic carbocycles. The van der Waals surface area contributed by atoms with Crippen LogP contribution in [0, 0.1) is 19.3 Å². The molecule has 1 rings (SSSR count). The fourth-order valence-corrected chi connectivity index (χ4v) is 1.79. The molecule has 0 aromatic heterocycles. The number of aryl methyl sites for hydroxylation is 2. The van der Waals surface area contributed by atoms with Crippen LogP contribution in [0.15, 0.2) is 18.2 Å². The van der Waals surface area contributed by atoms with E-state index in [-0.39, 0.29) is 5.56 Å². The maximum atomic E-state index is 12.7. The molecule has 0 bridgehead atoms. The Balaban J connectivity index is 3.49. The average molecular weight is 368 g/mol. The monoisotopic (exact) mass is 368 g/mol. The van der Waals surface area contributed by atoms with Crippen molar-refractivity contribution in [1.29, 1.82) is 0 Å². The van der Waals surface area contributed by atoms with E-state index in [0.29, 0.717) is 5.56 Å². The van der Waals surface area contributed by atoms with Crippen LogP contribution in [0.5, 0.6) is 5.75 Å². The van der Waals surface area contributed by atoms with Gasteiger partial charge in [-0.25, -0.2) is 4.79 Å². The lowest BCUT2D eigenvalue weighted by molar-refractivity contribution is -0.410. The van der Waals surface area contributed by atoms with Gasteiger partial charge >= 0.3 is 29.9 Å². The molecule has 0 saturated carbocycles. The summed E-state index contributed by atoms with van der Waals surface area (Å²) in [5, 5.41) is 0. The van der Waals surface area contributed by atoms with E-state index in [1.165, 1.54) is 13.8 Å². The molecular formula is C13H9F9O2. The van der Waals surface area contributed by atoms with Gasteiger partial charge in [0.2, 0.25) is 0 Å². The van der Waals surface area contributed by atoms with Crippen LogP contribution in [-0.4, -0.2) is 24.5 Å². The van der Waals surface area contributed by atoms with E-state index in [1.807, 2.05) is 0 Å². The van der Waals surface area contributed by atoms with Crippen LogP contribution < -0.4 is 4.74 Å². The predicted octanol–water partition coefficient (Wildman–Crippen LogP) is 4.88. The van der Waals surface area contributed by atoms with Crippen LogP contribution in [-0.2, 0) is 4.79 Å². The first-order chi connectivity index (χ1) is 10.6. The number of carbonyl (C=O) groups excluding carboxylic acids is 1. The zero-order valence-corrected chi connectivity index (χ0v) is 12.0. The quantitative estimate of drug-likeness (QED) is 0.423. The number of hydrogen-bond acceptors (Lipinski definition) is 2. The lowest BCUT2D eigenvalue weighted by Crippen LogP contribution is -2.65. The van der Waals surface area contributed by atoms with Crippen LogP contribution in [0.2, 0.25) is 0 Å².